The topological polar surface area (TPSA) is 114 Å². The molecule has 0 aromatic carbocycles. The van der Waals surface area contributed by atoms with Gasteiger partial charge in [0.05, 0.1) is 6.17 Å². The highest BCUT2D eigenvalue weighted by Gasteiger charge is 1.93. The molecule has 0 aliphatic rings. The molecule has 0 atom stereocenters. The van der Waals surface area contributed by atoms with E-state index in [9.17, 15) is 0 Å². The Hall–Kier alpha value is -0.810. The number of nitrogens with one attached hydrogen (secondary N) is 2. The van der Waals surface area contributed by atoms with Gasteiger partial charge in [-0.25, -0.2) is 0 Å². The van der Waals surface area contributed by atoms with E-state index in [1.807, 2.05) is 0 Å². The fourth-order valence-corrected chi connectivity index (χ4v) is 0.561. The first kappa shape index (κ1) is 9.19. The molecule has 0 aliphatic carbocycles. The second-order valence-corrected chi connectivity index (χ2v) is 2.15. The van der Waals surface area contributed by atoms with Crippen LogP contribution in [0.3, 0.4) is 0 Å². The van der Waals surface area contributed by atoms with Crippen LogP contribution in [-0.2, 0) is 0 Å². The third-order valence-corrected chi connectivity index (χ3v) is 1.03. The molecule has 0 aromatic heterocycles. The lowest BCUT2D eigenvalue weighted by molar-refractivity contribution is 0.595. The van der Waals surface area contributed by atoms with E-state index < -0.39 is 0 Å². The van der Waals surface area contributed by atoms with Crippen LogP contribution in [-0.4, -0.2) is 18.7 Å². The zero-order chi connectivity index (χ0) is 7.98. The van der Waals surface area contributed by atoms with Gasteiger partial charge >= 0.3 is 0 Å². The maximum absolute atomic E-state index is 6.78. The SMILES string of the molecule is N=C(N)NCCCC(N)N. The molecular weight excluding hydrogens is 130 g/mol. The lowest BCUT2D eigenvalue weighted by Crippen LogP contribution is -2.34. The van der Waals surface area contributed by atoms with Crippen molar-refractivity contribution in [3.63, 3.8) is 0 Å². The lowest BCUT2D eigenvalue weighted by atomic mass is 10.3. The van der Waals surface area contributed by atoms with Crippen LogP contribution in [0.2, 0.25) is 0 Å². The number of hydrogen-bond donors (Lipinski definition) is 5. The Balaban J connectivity index is 2.98. The monoisotopic (exact) mass is 145 g/mol. The van der Waals surface area contributed by atoms with Crippen LogP contribution in [0.15, 0.2) is 0 Å². The van der Waals surface area contributed by atoms with E-state index in [2.05, 4.69) is 5.32 Å². The first-order valence-corrected chi connectivity index (χ1v) is 3.22. The molecule has 5 nitrogen and oxygen atoms in total. The van der Waals surface area contributed by atoms with Crippen molar-refractivity contribution in [3.8, 4) is 0 Å². The highest BCUT2D eigenvalue weighted by molar-refractivity contribution is 5.74. The Labute approximate surface area is 60.5 Å². The number of nitrogens with two attached hydrogens (primary N) is 3. The Morgan fingerprint density at radius 3 is 2.50 bits per heavy atom. The van der Waals surface area contributed by atoms with Gasteiger partial charge in [0.2, 0.25) is 0 Å². The van der Waals surface area contributed by atoms with E-state index in [-0.39, 0.29) is 12.1 Å². The van der Waals surface area contributed by atoms with Gasteiger partial charge in [0.1, 0.15) is 0 Å². The Kier molecular flexibility index (Phi) is 4.61. The van der Waals surface area contributed by atoms with Crippen LogP contribution >= 0.6 is 0 Å². The largest absolute Gasteiger partial charge is 0.370 e. The van der Waals surface area contributed by atoms with Crippen molar-refractivity contribution >= 4 is 5.96 Å². The molecule has 0 aromatic rings. The Morgan fingerprint density at radius 1 is 1.50 bits per heavy atom. The van der Waals surface area contributed by atoms with E-state index in [0.29, 0.717) is 6.54 Å². The molecule has 0 radical (unpaired) electrons. The molecule has 60 valence electrons. The first-order chi connectivity index (χ1) is 4.63. The van der Waals surface area contributed by atoms with Crippen LogP contribution < -0.4 is 22.5 Å². The summed E-state index contributed by atoms with van der Waals surface area (Å²) in [6, 6.07) is 0. The summed E-state index contributed by atoms with van der Waals surface area (Å²) in [4.78, 5) is 0. The van der Waals surface area contributed by atoms with E-state index in [4.69, 9.17) is 22.6 Å². The molecular formula is C5H15N5. The molecule has 5 heteroatoms. The Bertz CT molecular complexity index is 100. The highest BCUT2D eigenvalue weighted by Crippen LogP contribution is 1.85. The van der Waals surface area contributed by atoms with Crippen LogP contribution in [0.1, 0.15) is 12.8 Å². The molecule has 10 heavy (non-hydrogen) atoms. The molecule has 0 rings (SSSR count). The van der Waals surface area contributed by atoms with Gasteiger partial charge in [-0.2, -0.15) is 0 Å². The van der Waals surface area contributed by atoms with Crippen molar-refractivity contribution < 1.29 is 0 Å². The van der Waals surface area contributed by atoms with Crippen LogP contribution in [0.25, 0.3) is 0 Å². The summed E-state index contributed by atoms with van der Waals surface area (Å²) in [6.07, 6.45) is 1.34. The normalized spacial score (nSPS) is 9.90. The van der Waals surface area contributed by atoms with Crippen molar-refractivity contribution in [1.82, 2.24) is 5.32 Å². The maximum Gasteiger partial charge on any atom is 0.185 e. The molecule has 0 bridgehead atoms. The van der Waals surface area contributed by atoms with E-state index in [1.165, 1.54) is 0 Å². The summed E-state index contributed by atoms with van der Waals surface area (Å²) in [5.74, 6) is -0.00871. The summed E-state index contributed by atoms with van der Waals surface area (Å²) in [6.45, 7) is 0.667. The second kappa shape index (κ2) is 5.01. The molecule has 0 unspecified atom stereocenters. The standard InChI is InChI=1S/C5H15N5/c6-4(7)2-1-3-10-5(8)9/h4H,1-3,6-7H2,(H4,8,9,10). The molecule has 0 amide bonds. The van der Waals surface area contributed by atoms with E-state index in [1.54, 1.807) is 0 Å². The average Bonchev–Trinajstić information content (AvgIpc) is 1.79. The number of guanidine groups is 1. The molecule has 0 aliphatic heterocycles. The van der Waals surface area contributed by atoms with Crippen molar-refractivity contribution in [3.05, 3.63) is 0 Å². The minimum Gasteiger partial charge on any atom is -0.370 e. The van der Waals surface area contributed by atoms with Crippen LogP contribution in [0, 0.1) is 5.41 Å². The maximum atomic E-state index is 6.78. The van der Waals surface area contributed by atoms with Crippen molar-refractivity contribution in [2.24, 2.45) is 17.2 Å². The van der Waals surface area contributed by atoms with Gasteiger partial charge < -0.3 is 22.5 Å². The van der Waals surface area contributed by atoms with Gasteiger partial charge in [-0.05, 0) is 12.8 Å². The van der Waals surface area contributed by atoms with Crippen LogP contribution in [0.5, 0.6) is 0 Å². The zero-order valence-electron chi connectivity index (χ0n) is 5.93. The molecule has 8 N–H and O–H groups in total. The number of hydrogen-bond acceptors (Lipinski definition) is 3. The second-order valence-electron chi connectivity index (χ2n) is 2.15. The smallest absolute Gasteiger partial charge is 0.185 e. The summed E-state index contributed by atoms with van der Waals surface area (Å²) in [5.41, 5.74) is 15.6. The summed E-state index contributed by atoms with van der Waals surface area (Å²) in [5, 5.41) is 9.44. The van der Waals surface area contributed by atoms with E-state index in [0.717, 1.165) is 12.8 Å². The first-order valence-electron chi connectivity index (χ1n) is 3.22. The third kappa shape index (κ3) is 7.19. The fourth-order valence-electron chi connectivity index (χ4n) is 0.561. The van der Waals surface area contributed by atoms with Gasteiger partial charge in [-0.1, -0.05) is 0 Å². The van der Waals surface area contributed by atoms with Gasteiger partial charge in [-0.3, -0.25) is 5.41 Å². The summed E-state index contributed by atoms with van der Waals surface area (Å²) >= 11 is 0. The predicted molar refractivity (Wildman–Crippen MR) is 41.3 cm³/mol. The molecule has 0 spiro atoms. The van der Waals surface area contributed by atoms with Crippen molar-refractivity contribution in [1.29, 1.82) is 5.41 Å². The summed E-state index contributed by atoms with van der Waals surface area (Å²) < 4.78 is 0. The lowest BCUT2D eigenvalue weighted by Gasteiger charge is -2.05. The molecule has 0 heterocycles. The van der Waals surface area contributed by atoms with Crippen molar-refractivity contribution in [2.45, 2.75) is 19.0 Å². The van der Waals surface area contributed by atoms with Crippen LogP contribution in [0.4, 0.5) is 0 Å². The quantitative estimate of drug-likeness (QED) is 0.143. The minimum atomic E-state index is -0.256. The molecule has 0 saturated carbocycles. The zero-order valence-corrected chi connectivity index (χ0v) is 5.93. The van der Waals surface area contributed by atoms with Gasteiger partial charge in [0.25, 0.3) is 0 Å². The third-order valence-electron chi connectivity index (χ3n) is 1.03. The van der Waals surface area contributed by atoms with Crippen molar-refractivity contribution in [2.75, 3.05) is 6.54 Å². The van der Waals surface area contributed by atoms with Gasteiger partial charge in [-0.15, -0.1) is 0 Å². The Morgan fingerprint density at radius 2 is 2.10 bits per heavy atom. The minimum absolute atomic E-state index is 0.00871. The summed E-state index contributed by atoms with van der Waals surface area (Å²) in [7, 11) is 0. The van der Waals surface area contributed by atoms with Gasteiger partial charge in [0, 0.05) is 6.54 Å². The predicted octanol–water partition coefficient (Wildman–Crippen LogP) is -1.51. The van der Waals surface area contributed by atoms with Gasteiger partial charge in [0.15, 0.2) is 5.96 Å². The highest BCUT2D eigenvalue weighted by atomic mass is 15.0. The molecule has 0 fully saturated rings. The fraction of sp³-hybridized carbons (Fsp3) is 0.800. The molecule has 0 saturated heterocycles. The number of rotatable bonds is 4. The average molecular weight is 145 g/mol. The van der Waals surface area contributed by atoms with E-state index >= 15 is 0 Å².